The molecule has 0 aromatic rings. The van der Waals surface area contributed by atoms with Crippen molar-refractivity contribution in [3.63, 3.8) is 0 Å². The lowest BCUT2D eigenvalue weighted by Crippen LogP contribution is -2.41. The average Bonchev–Trinajstić information content (AvgIpc) is 2.62. The Bertz CT molecular complexity index is 399. The standard InChI is InChI=1S/C14H22N2O2/c1-9(2)16-12-7-5-4-6-10(12)11(14(16)18)8-13(17)15-3/h9,12H,4-8H2,1-3H3,(H,15,17). The molecule has 0 spiro atoms. The van der Waals surface area contributed by atoms with Crippen molar-refractivity contribution in [2.75, 3.05) is 7.05 Å². The highest BCUT2D eigenvalue weighted by atomic mass is 16.2. The number of rotatable bonds is 3. The molecule has 1 heterocycles. The van der Waals surface area contributed by atoms with Crippen LogP contribution in [0, 0.1) is 0 Å². The van der Waals surface area contributed by atoms with Crippen LogP contribution in [-0.2, 0) is 9.59 Å². The van der Waals surface area contributed by atoms with Crippen molar-refractivity contribution in [2.45, 2.75) is 58.0 Å². The lowest BCUT2D eigenvalue weighted by Gasteiger charge is -2.33. The summed E-state index contributed by atoms with van der Waals surface area (Å²) in [6.07, 6.45) is 4.59. The lowest BCUT2D eigenvalue weighted by molar-refractivity contribution is -0.130. The van der Waals surface area contributed by atoms with Crippen LogP contribution < -0.4 is 5.32 Å². The molecule has 0 saturated heterocycles. The molecule has 1 unspecified atom stereocenters. The third kappa shape index (κ3) is 2.16. The van der Waals surface area contributed by atoms with Gasteiger partial charge < -0.3 is 10.2 Å². The van der Waals surface area contributed by atoms with Gasteiger partial charge in [-0.05, 0) is 38.7 Å². The molecule has 1 aliphatic carbocycles. The number of nitrogens with one attached hydrogen (secondary N) is 1. The van der Waals surface area contributed by atoms with Crippen molar-refractivity contribution in [2.24, 2.45) is 0 Å². The summed E-state index contributed by atoms with van der Waals surface area (Å²) in [5.74, 6) is 0.0104. The Balaban J connectivity index is 2.29. The van der Waals surface area contributed by atoms with E-state index in [2.05, 4.69) is 5.32 Å². The molecule has 0 radical (unpaired) electrons. The summed E-state index contributed by atoms with van der Waals surface area (Å²) in [4.78, 5) is 26.0. The normalized spacial score (nSPS) is 23.7. The third-order valence-corrected chi connectivity index (χ3v) is 3.96. The zero-order valence-electron chi connectivity index (χ0n) is 11.5. The second-order valence-corrected chi connectivity index (χ2v) is 5.42. The Morgan fingerprint density at radius 1 is 1.44 bits per heavy atom. The summed E-state index contributed by atoms with van der Waals surface area (Å²) in [7, 11) is 1.62. The molecule has 4 nitrogen and oxygen atoms in total. The number of carbonyl (C=O) groups is 2. The number of hydrogen-bond donors (Lipinski definition) is 1. The minimum Gasteiger partial charge on any atom is -0.359 e. The molecule has 1 fully saturated rings. The Morgan fingerprint density at radius 3 is 2.78 bits per heavy atom. The van der Waals surface area contributed by atoms with Crippen molar-refractivity contribution in [1.29, 1.82) is 0 Å². The fourth-order valence-electron chi connectivity index (χ4n) is 3.12. The van der Waals surface area contributed by atoms with Crippen LogP contribution in [0.2, 0.25) is 0 Å². The highest BCUT2D eigenvalue weighted by Gasteiger charge is 2.41. The number of carbonyl (C=O) groups excluding carboxylic acids is 2. The molecule has 4 heteroatoms. The predicted molar refractivity (Wildman–Crippen MR) is 69.9 cm³/mol. The SMILES string of the molecule is CNC(=O)CC1=C2CCCCC2N(C(C)C)C1=O. The van der Waals surface area contributed by atoms with Gasteiger partial charge in [0.05, 0.1) is 12.5 Å². The molecule has 1 aliphatic heterocycles. The van der Waals surface area contributed by atoms with Crippen LogP contribution in [0.1, 0.15) is 46.0 Å². The van der Waals surface area contributed by atoms with Gasteiger partial charge in [-0.2, -0.15) is 0 Å². The highest BCUT2D eigenvalue weighted by Crippen LogP contribution is 2.38. The van der Waals surface area contributed by atoms with Crippen LogP contribution in [-0.4, -0.2) is 35.8 Å². The number of nitrogens with zero attached hydrogens (tertiary/aromatic N) is 1. The van der Waals surface area contributed by atoms with Crippen molar-refractivity contribution < 1.29 is 9.59 Å². The molecule has 100 valence electrons. The van der Waals surface area contributed by atoms with Gasteiger partial charge in [0.25, 0.3) is 5.91 Å². The first-order valence-corrected chi connectivity index (χ1v) is 6.81. The Hall–Kier alpha value is -1.32. The van der Waals surface area contributed by atoms with Crippen LogP contribution in [0.4, 0.5) is 0 Å². The van der Waals surface area contributed by atoms with Gasteiger partial charge in [0.15, 0.2) is 0 Å². The highest BCUT2D eigenvalue weighted by molar-refractivity contribution is 6.02. The Labute approximate surface area is 108 Å². The molecule has 2 amide bonds. The first-order valence-electron chi connectivity index (χ1n) is 6.81. The van der Waals surface area contributed by atoms with Crippen LogP contribution in [0.15, 0.2) is 11.1 Å². The van der Waals surface area contributed by atoms with Gasteiger partial charge >= 0.3 is 0 Å². The Kier molecular flexibility index (Phi) is 3.73. The summed E-state index contributed by atoms with van der Waals surface area (Å²) in [5.41, 5.74) is 1.98. The molecule has 1 N–H and O–H groups in total. The maximum atomic E-state index is 12.5. The predicted octanol–water partition coefficient (Wildman–Crippen LogP) is 1.61. The van der Waals surface area contributed by atoms with Crippen molar-refractivity contribution >= 4 is 11.8 Å². The van der Waals surface area contributed by atoms with Crippen molar-refractivity contribution in [3.05, 3.63) is 11.1 Å². The maximum Gasteiger partial charge on any atom is 0.251 e. The second-order valence-electron chi connectivity index (χ2n) is 5.42. The molecule has 0 aromatic carbocycles. The molecule has 2 aliphatic rings. The van der Waals surface area contributed by atoms with E-state index in [0.717, 1.165) is 24.8 Å². The van der Waals surface area contributed by atoms with E-state index in [1.165, 1.54) is 12.0 Å². The molecule has 1 atom stereocenters. The number of hydrogen-bond acceptors (Lipinski definition) is 2. The second kappa shape index (κ2) is 5.12. The van der Waals surface area contributed by atoms with Gasteiger partial charge in [0.2, 0.25) is 5.91 Å². The summed E-state index contributed by atoms with van der Waals surface area (Å²) < 4.78 is 0. The summed E-state index contributed by atoms with van der Waals surface area (Å²) >= 11 is 0. The monoisotopic (exact) mass is 250 g/mol. The van der Waals surface area contributed by atoms with E-state index >= 15 is 0 Å². The van der Waals surface area contributed by atoms with Crippen LogP contribution in [0.3, 0.4) is 0 Å². The van der Waals surface area contributed by atoms with Gasteiger partial charge in [-0.3, -0.25) is 9.59 Å². The zero-order chi connectivity index (χ0) is 13.3. The molecule has 2 rings (SSSR count). The van der Waals surface area contributed by atoms with E-state index in [1.807, 2.05) is 18.7 Å². The molecule has 1 saturated carbocycles. The molecular weight excluding hydrogens is 228 g/mol. The molecule has 0 bridgehead atoms. The fraction of sp³-hybridized carbons (Fsp3) is 0.714. The van der Waals surface area contributed by atoms with Crippen LogP contribution in [0.25, 0.3) is 0 Å². The van der Waals surface area contributed by atoms with Crippen molar-refractivity contribution in [3.8, 4) is 0 Å². The minimum atomic E-state index is -0.0687. The van der Waals surface area contributed by atoms with Crippen LogP contribution in [0.5, 0.6) is 0 Å². The largest absolute Gasteiger partial charge is 0.359 e. The maximum absolute atomic E-state index is 12.5. The minimum absolute atomic E-state index is 0.0687. The number of fused-ring (bicyclic) bond motifs is 1. The van der Waals surface area contributed by atoms with Gasteiger partial charge in [-0.1, -0.05) is 6.42 Å². The van der Waals surface area contributed by atoms with E-state index in [0.29, 0.717) is 0 Å². The van der Waals surface area contributed by atoms with Crippen molar-refractivity contribution in [1.82, 2.24) is 10.2 Å². The van der Waals surface area contributed by atoms with E-state index in [4.69, 9.17) is 0 Å². The quantitative estimate of drug-likeness (QED) is 0.827. The zero-order valence-corrected chi connectivity index (χ0v) is 11.5. The third-order valence-electron chi connectivity index (χ3n) is 3.96. The van der Waals surface area contributed by atoms with E-state index in [-0.39, 0.29) is 30.3 Å². The smallest absolute Gasteiger partial charge is 0.251 e. The summed E-state index contributed by atoms with van der Waals surface area (Å²) in [5, 5.41) is 2.61. The average molecular weight is 250 g/mol. The first-order chi connectivity index (χ1) is 8.56. The van der Waals surface area contributed by atoms with Gasteiger partial charge in [-0.25, -0.2) is 0 Å². The molecule has 0 aromatic heterocycles. The summed E-state index contributed by atoms with van der Waals surface area (Å²) in [6, 6.07) is 0.462. The first kappa shape index (κ1) is 13.1. The van der Waals surface area contributed by atoms with Gasteiger partial charge in [0.1, 0.15) is 0 Å². The van der Waals surface area contributed by atoms with Gasteiger partial charge in [-0.15, -0.1) is 0 Å². The summed E-state index contributed by atoms with van der Waals surface area (Å²) in [6.45, 7) is 4.10. The molecule has 18 heavy (non-hydrogen) atoms. The molecular formula is C14H22N2O2. The van der Waals surface area contributed by atoms with E-state index in [1.54, 1.807) is 7.05 Å². The fourth-order valence-corrected chi connectivity index (χ4v) is 3.12. The lowest BCUT2D eigenvalue weighted by atomic mass is 9.88. The van der Waals surface area contributed by atoms with Crippen LogP contribution >= 0.6 is 0 Å². The van der Waals surface area contributed by atoms with E-state index in [9.17, 15) is 9.59 Å². The van der Waals surface area contributed by atoms with E-state index < -0.39 is 0 Å². The van der Waals surface area contributed by atoms with Gasteiger partial charge in [0, 0.05) is 18.7 Å². The number of amides is 2. The Morgan fingerprint density at radius 2 is 2.17 bits per heavy atom. The topological polar surface area (TPSA) is 49.4 Å².